The minimum absolute atomic E-state index is 0.0656. The Bertz CT molecular complexity index is 582. The fraction of sp³-hybridized carbons (Fsp3) is 0.462. The minimum atomic E-state index is -0.970. The molecule has 0 spiro atoms. The molecule has 2 rings (SSSR count). The van der Waals surface area contributed by atoms with Gasteiger partial charge in [0.15, 0.2) is 0 Å². The molecule has 7 nitrogen and oxygen atoms in total. The molecule has 0 saturated heterocycles. The summed E-state index contributed by atoms with van der Waals surface area (Å²) in [5.41, 5.74) is 6.28. The van der Waals surface area contributed by atoms with Gasteiger partial charge in [0.1, 0.15) is 6.61 Å². The summed E-state index contributed by atoms with van der Waals surface area (Å²) in [6.45, 7) is 3.04. The second-order valence-electron chi connectivity index (χ2n) is 4.70. The molecule has 0 aliphatic carbocycles. The molecular weight excluding hydrogens is 279 g/mol. The zero-order valence-electron chi connectivity index (χ0n) is 11.7. The molecule has 2 N–H and O–H groups in total. The lowest BCUT2D eigenvalue weighted by molar-refractivity contribution is 0.0748. The molecule has 1 aliphatic rings. The van der Waals surface area contributed by atoms with Crippen LogP contribution >= 0.6 is 0 Å². The van der Waals surface area contributed by atoms with Crippen molar-refractivity contribution in [3.63, 3.8) is 0 Å². The Hall–Kier alpha value is -2.38. The van der Waals surface area contributed by atoms with E-state index in [9.17, 15) is 14.0 Å². The maximum Gasteiger partial charge on any atom is 0.404 e. The first-order valence-electron chi connectivity index (χ1n) is 6.61. The Kier molecular flexibility index (Phi) is 4.56. The lowest BCUT2D eigenvalue weighted by Gasteiger charge is -2.24. The van der Waals surface area contributed by atoms with Crippen LogP contribution in [0.15, 0.2) is 18.1 Å². The predicted octanol–water partition coefficient (Wildman–Crippen LogP) is 0.850. The summed E-state index contributed by atoms with van der Waals surface area (Å²) >= 11 is 0. The van der Waals surface area contributed by atoms with Gasteiger partial charge in [-0.25, -0.2) is 9.18 Å². The fourth-order valence-electron chi connectivity index (χ4n) is 2.20. The van der Waals surface area contributed by atoms with Gasteiger partial charge in [0.25, 0.3) is 5.91 Å². The second-order valence-corrected chi connectivity index (χ2v) is 4.70. The van der Waals surface area contributed by atoms with Crippen molar-refractivity contribution in [3.05, 3.63) is 29.4 Å². The third-order valence-electron chi connectivity index (χ3n) is 3.28. The van der Waals surface area contributed by atoms with Gasteiger partial charge in [-0.1, -0.05) is 0 Å². The molecule has 0 bridgehead atoms. The highest BCUT2D eigenvalue weighted by Crippen LogP contribution is 2.18. The largest absolute Gasteiger partial charge is 0.445 e. The number of nitrogens with zero attached hydrogens (tertiary/aromatic N) is 3. The van der Waals surface area contributed by atoms with Crippen molar-refractivity contribution >= 4 is 12.0 Å². The van der Waals surface area contributed by atoms with E-state index in [1.54, 1.807) is 11.1 Å². The van der Waals surface area contributed by atoms with E-state index in [4.69, 9.17) is 5.73 Å². The van der Waals surface area contributed by atoms with Crippen LogP contribution in [0.2, 0.25) is 0 Å². The highest BCUT2D eigenvalue weighted by atomic mass is 19.1. The van der Waals surface area contributed by atoms with E-state index in [-0.39, 0.29) is 24.6 Å². The Morgan fingerprint density at radius 3 is 3.00 bits per heavy atom. The van der Waals surface area contributed by atoms with Crippen LogP contribution in [0.3, 0.4) is 0 Å². The van der Waals surface area contributed by atoms with Crippen molar-refractivity contribution in [1.29, 1.82) is 0 Å². The number of carbonyl (C=O) groups excluding carboxylic acids is 2. The first-order valence-corrected chi connectivity index (χ1v) is 6.61. The van der Waals surface area contributed by atoms with Gasteiger partial charge >= 0.3 is 6.09 Å². The number of halogens is 1. The number of ether oxygens (including phenoxy) is 1. The third kappa shape index (κ3) is 3.39. The monoisotopic (exact) mass is 296 g/mol. The molecule has 21 heavy (non-hydrogen) atoms. The molecule has 0 unspecified atom stereocenters. The summed E-state index contributed by atoms with van der Waals surface area (Å²) in [5.74, 6) is -0.0656. The number of amides is 2. The van der Waals surface area contributed by atoms with Gasteiger partial charge in [-0.05, 0) is 6.92 Å². The number of primary amides is 1. The average Bonchev–Trinajstić information content (AvgIpc) is 2.87. The zero-order valence-corrected chi connectivity index (χ0v) is 11.7. The van der Waals surface area contributed by atoms with E-state index in [1.165, 1.54) is 4.68 Å². The van der Waals surface area contributed by atoms with Crippen LogP contribution in [0.25, 0.3) is 0 Å². The van der Waals surface area contributed by atoms with Crippen LogP contribution in [0.4, 0.5) is 9.18 Å². The van der Waals surface area contributed by atoms with E-state index in [1.807, 2.05) is 6.92 Å². The molecule has 2 amide bonds. The third-order valence-corrected chi connectivity index (χ3v) is 3.28. The molecule has 1 aliphatic heterocycles. The van der Waals surface area contributed by atoms with Crippen LogP contribution in [-0.4, -0.2) is 46.4 Å². The van der Waals surface area contributed by atoms with E-state index < -0.39 is 6.09 Å². The predicted molar refractivity (Wildman–Crippen MR) is 72.2 cm³/mol. The average molecular weight is 296 g/mol. The standard InChI is InChI=1S/C13H17FN4O3/c1-2-17-4-3-11-10(12(17)19)7-18(16-11)6-9(5-14)8-21-13(15)20/h5,7H,2-4,6,8H2,1H3,(H2,15,20)/b9-5+. The lowest BCUT2D eigenvalue weighted by atomic mass is 10.1. The number of nitrogens with two attached hydrogens (primary N) is 1. The van der Waals surface area contributed by atoms with E-state index in [0.29, 0.717) is 37.1 Å². The Balaban J connectivity index is 2.09. The normalized spacial score (nSPS) is 15.0. The SMILES string of the molecule is CCN1CCc2nn(C/C(=C\F)COC(N)=O)cc2C1=O. The summed E-state index contributed by atoms with van der Waals surface area (Å²) in [5, 5.41) is 4.27. The maximum absolute atomic E-state index is 12.8. The number of aromatic nitrogens is 2. The highest BCUT2D eigenvalue weighted by molar-refractivity contribution is 5.96. The van der Waals surface area contributed by atoms with Gasteiger partial charge in [0.2, 0.25) is 0 Å². The molecule has 0 radical (unpaired) electrons. The smallest absolute Gasteiger partial charge is 0.404 e. The van der Waals surface area contributed by atoms with Crippen LogP contribution in [-0.2, 0) is 17.7 Å². The molecule has 0 atom stereocenters. The van der Waals surface area contributed by atoms with Crippen LogP contribution in [0, 0.1) is 0 Å². The van der Waals surface area contributed by atoms with E-state index >= 15 is 0 Å². The Morgan fingerprint density at radius 2 is 2.38 bits per heavy atom. The van der Waals surface area contributed by atoms with Crippen molar-refractivity contribution in [1.82, 2.24) is 14.7 Å². The van der Waals surface area contributed by atoms with Crippen molar-refractivity contribution in [2.24, 2.45) is 5.73 Å². The van der Waals surface area contributed by atoms with Crippen LogP contribution in [0.5, 0.6) is 0 Å². The number of rotatable bonds is 5. The van der Waals surface area contributed by atoms with Crippen LogP contribution in [0.1, 0.15) is 23.0 Å². The van der Waals surface area contributed by atoms with Gasteiger partial charge in [0, 0.05) is 31.3 Å². The van der Waals surface area contributed by atoms with Crippen molar-refractivity contribution in [3.8, 4) is 0 Å². The molecule has 114 valence electrons. The topological polar surface area (TPSA) is 90.4 Å². The molecule has 8 heteroatoms. The zero-order chi connectivity index (χ0) is 15.4. The molecule has 1 aromatic rings. The summed E-state index contributed by atoms with van der Waals surface area (Å²) in [7, 11) is 0. The number of hydrogen-bond donors (Lipinski definition) is 1. The molecule has 0 fully saturated rings. The molecular formula is C13H17FN4O3. The first-order chi connectivity index (χ1) is 10.0. The lowest BCUT2D eigenvalue weighted by Crippen LogP contribution is -2.36. The van der Waals surface area contributed by atoms with Gasteiger partial charge in [-0.3, -0.25) is 9.48 Å². The molecule has 2 heterocycles. The summed E-state index contributed by atoms with van der Waals surface area (Å²) in [6.07, 6.45) is 1.65. The molecule has 0 aromatic carbocycles. The molecule has 0 saturated carbocycles. The van der Waals surface area contributed by atoms with Crippen molar-refractivity contribution < 1.29 is 18.7 Å². The summed E-state index contributed by atoms with van der Waals surface area (Å²) in [6, 6.07) is 0. The summed E-state index contributed by atoms with van der Waals surface area (Å²) in [4.78, 5) is 24.4. The summed E-state index contributed by atoms with van der Waals surface area (Å²) < 4.78 is 18.8. The first kappa shape index (κ1) is 15.0. The molecule has 1 aromatic heterocycles. The number of carbonyl (C=O) groups is 2. The maximum atomic E-state index is 12.8. The number of hydrogen-bond acceptors (Lipinski definition) is 4. The van der Waals surface area contributed by atoms with Gasteiger partial charge in [-0.15, -0.1) is 0 Å². The van der Waals surface area contributed by atoms with Gasteiger partial charge < -0.3 is 15.4 Å². The number of fused-ring (bicyclic) bond motifs is 1. The Morgan fingerprint density at radius 1 is 1.62 bits per heavy atom. The fourth-order valence-corrected chi connectivity index (χ4v) is 2.20. The Labute approximate surface area is 121 Å². The van der Waals surface area contributed by atoms with Crippen LogP contribution < -0.4 is 5.73 Å². The van der Waals surface area contributed by atoms with Gasteiger partial charge in [-0.2, -0.15) is 5.10 Å². The minimum Gasteiger partial charge on any atom is -0.445 e. The van der Waals surface area contributed by atoms with Crippen molar-refractivity contribution in [2.75, 3.05) is 19.7 Å². The highest BCUT2D eigenvalue weighted by Gasteiger charge is 2.26. The quantitative estimate of drug-likeness (QED) is 0.872. The number of likely N-dealkylation sites (N-methyl/N-ethyl adjacent to an activating group) is 1. The van der Waals surface area contributed by atoms with E-state index in [0.717, 1.165) is 0 Å². The van der Waals surface area contributed by atoms with Crippen molar-refractivity contribution in [2.45, 2.75) is 19.9 Å². The second kappa shape index (κ2) is 6.38. The van der Waals surface area contributed by atoms with E-state index in [2.05, 4.69) is 9.84 Å². The van der Waals surface area contributed by atoms with Gasteiger partial charge in [0.05, 0.1) is 24.1 Å².